The second-order valence-electron chi connectivity index (χ2n) is 4.06. The number of aromatic amines is 1. The van der Waals surface area contributed by atoms with Crippen molar-refractivity contribution in [3.63, 3.8) is 0 Å². The summed E-state index contributed by atoms with van der Waals surface area (Å²) in [6.07, 6.45) is 0.579. The first-order valence-electron chi connectivity index (χ1n) is 5.88. The molecule has 19 heavy (non-hydrogen) atoms. The highest BCUT2D eigenvalue weighted by molar-refractivity contribution is 7.08. The zero-order valence-electron chi connectivity index (χ0n) is 10.6. The fourth-order valence-electron chi connectivity index (χ4n) is 1.71. The van der Waals surface area contributed by atoms with E-state index in [0.29, 0.717) is 12.2 Å². The highest BCUT2D eigenvalue weighted by Crippen LogP contribution is 2.17. The Morgan fingerprint density at radius 1 is 1.53 bits per heavy atom. The molecule has 0 saturated carbocycles. The number of rotatable bonds is 4. The first-order valence-corrected chi connectivity index (χ1v) is 6.82. The topological polar surface area (TPSA) is 87.7 Å². The number of nitrogens with one attached hydrogen (secondary N) is 2. The third kappa shape index (κ3) is 3.05. The van der Waals surface area contributed by atoms with Gasteiger partial charge in [-0.3, -0.25) is 9.59 Å². The molecule has 0 saturated heterocycles. The number of hydrogen-bond donors (Lipinski definition) is 2. The fraction of sp³-hybridized carbons (Fsp3) is 0.333. The zero-order chi connectivity index (χ0) is 13.8. The molecule has 7 heteroatoms. The largest absolute Gasteiger partial charge is 0.348 e. The number of H-pyrrole nitrogens is 1. The van der Waals surface area contributed by atoms with Crippen molar-refractivity contribution in [1.29, 1.82) is 0 Å². The molecule has 1 atom stereocenters. The van der Waals surface area contributed by atoms with Crippen LogP contribution >= 0.6 is 11.3 Å². The number of hydrogen-bond acceptors (Lipinski definition) is 5. The highest BCUT2D eigenvalue weighted by Gasteiger charge is 2.17. The Kier molecular flexibility index (Phi) is 4.06. The van der Waals surface area contributed by atoms with Crippen molar-refractivity contribution < 1.29 is 4.79 Å². The quantitative estimate of drug-likeness (QED) is 0.886. The van der Waals surface area contributed by atoms with E-state index in [1.165, 1.54) is 18.3 Å². The molecule has 100 valence electrons. The van der Waals surface area contributed by atoms with Gasteiger partial charge in [0.2, 0.25) is 5.91 Å². The summed E-state index contributed by atoms with van der Waals surface area (Å²) in [4.78, 5) is 25.8. The van der Waals surface area contributed by atoms with Crippen LogP contribution < -0.4 is 10.9 Å². The molecule has 0 aliphatic heterocycles. The van der Waals surface area contributed by atoms with Crippen molar-refractivity contribution in [2.24, 2.45) is 0 Å². The van der Waals surface area contributed by atoms with E-state index in [1.54, 1.807) is 0 Å². The number of amides is 1. The van der Waals surface area contributed by atoms with E-state index < -0.39 is 6.04 Å². The second-order valence-corrected chi connectivity index (χ2v) is 4.84. The van der Waals surface area contributed by atoms with Crippen LogP contribution in [-0.4, -0.2) is 21.1 Å². The third-order valence-corrected chi connectivity index (χ3v) is 3.32. The Labute approximate surface area is 113 Å². The van der Waals surface area contributed by atoms with Crippen LogP contribution in [0.2, 0.25) is 0 Å². The molecule has 2 aromatic rings. The van der Waals surface area contributed by atoms with Gasteiger partial charge in [0.15, 0.2) is 11.5 Å². The Bertz CT molecular complexity index is 621. The molecular weight excluding hydrogens is 264 g/mol. The molecule has 0 radical (unpaired) electrons. The summed E-state index contributed by atoms with van der Waals surface area (Å²) in [5, 5.41) is 14.4. The third-order valence-electron chi connectivity index (χ3n) is 2.63. The van der Waals surface area contributed by atoms with Crippen molar-refractivity contribution >= 4 is 17.2 Å². The average Bonchev–Trinajstić information content (AvgIpc) is 2.89. The monoisotopic (exact) mass is 278 g/mol. The Morgan fingerprint density at radius 3 is 2.84 bits per heavy atom. The molecule has 0 aliphatic carbocycles. The first kappa shape index (κ1) is 13.4. The van der Waals surface area contributed by atoms with E-state index in [9.17, 15) is 9.59 Å². The van der Waals surface area contributed by atoms with Gasteiger partial charge in [-0.2, -0.15) is 11.3 Å². The van der Waals surface area contributed by atoms with Crippen LogP contribution in [0.4, 0.5) is 0 Å². The molecular formula is C12H14N4O2S. The van der Waals surface area contributed by atoms with Crippen LogP contribution in [0.5, 0.6) is 0 Å². The van der Waals surface area contributed by atoms with Crippen molar-refractivity contribution in [3.05, 3.63) is 32.9 Å². The number of carbonyl (C=O) groups excluding carboxylic acids is 1. The Morgan fingerprint density at radius 2 is 2.32 bits per heavy atom. The Balaban J connectivity index is 2.33. The maximum Gasteiger partial charge on any atom is 0.275 e. The minimum atomic E-state index is -0.412. The minimum absolute atomic E-state index is 0.199. The number of nitrogens with zero attached hydrogens (tertiary/aromatic N) is 2. The van der Waals surface area contributed by atoms with Crippen molar-refractivity contribution in [2.75, 3.05) is 0 Å². The van der Waals surface area contributed by atoms with Crippen LogP contribution in [0, 0.1) is 0 Å². The zero-order valence-corrected chi connectivity index (χ0v) is 11.5. The molecule has 0 fully saturated rings. The van der Waals surface area contributed by atoms with E-state index in [2.05, 4.69) is 20.5 Å². The van der Waals surface area contributed by atoms with E-state index in [-0.39, 0.29) is 17.2 Å². The summed E-state index contributed by atoms with van der Waals surface area (Å²) in [7, 11) is 0. The molecule has 0 spiro atoms. The van der Waals surface area contributed by atoms with E-state index in [0.717, 1.165) is 5.56 Å². The summed E-state index contributed by atoms with van der Waals surface area (Å²) in [6.45, 7) is 3.28. The number of thiophene rings is 1. The summed E-state index contributed by atoms with van der Waals surface area (Å²) < 4.78 is 0. The summed E-state index contributed by atoms with van der Waals surface area (Å²) >= 11 is 1.52. The normalized spacial score (nSPS) is 12.1. The minimum Gasteiger partial charge on any atom is -0.348 e. The van der Waals surface area contributed by atoms with Crippen molar-refractivity contribution in [2.45, 2.75) is 26.3 Å². The summed E-state index contributed by atoms with van der Waals surface area (Å²) in [6, 6.07) is 1.44. The maximum absolute atomic E-state index is 12.0. The molecule has 0 aromatic carbocycles. The molecule has 0 bridgehead atoms. The van der Waals surface area contributed by atoms with Gasteiger partial charge < -0.3 is 10.3 Å². The predicted molar refractivity (Wildman–Crippen MR) is 72.8 cm³/mol. The predicted octanol–water partition coefficient (Wildman–Crippen LogP) is 1.48. The van der Waals surface area contributed by atoms with Crippen LogP contribution in [0.25, 0.3) is 11.4 Å². The van der Waals surface area contributed by atoms with Gasteiger partial charge in [-0.25, -0.2) is 0 Å². The summed E-state index contributed by atoms with van der Waals surface area (Å²) in [5.41, 5.74) is 0.738. The SMILES string of the molecule is CCC(NC(C)=O)c1nnc(-c2ccsc2)[nH]c1=O. The van der Waals surface area contributed by atoms with Crippen LogP contribution in [0.1, 0.15) is 32.0 Å². The molecule has 2 heterocycles. The average molecular weight is 278 g/mol. The Hall–Kier alpha value is -2.02. The molecule has 1 amide bonds. The van der Waals surface area contributed by atoms with Gasteiger partial charge in [0, 0.05) is 17.9 Å². The fourth-order valence-corrected chi connectivity index (χ4v) is 2.35. The number of carbonyl (C=O) groups is 1. The van der Waals surface area contributed by atoms with Crippen molar-refractivity contribution in [1.82, 2.24) is 20.5 Å². The van der Waals surface area contributed by atoms with Crippen molar-refractivity contribution in [3.8, 4) is 11.4 Å². The molecule has 2 N–H and O–H groups in total. The molecule has 2 rings (SSSR count). The lowest BCUT2D eigenvalue weighted by Crippen LogP contribution is -2.32. The molecule has 6 nitrogen and oxygen atoms in total. The standard InChI is InChI=1S/C12H14N4O2S/c1-3-9(13-7(2)17)10-12(18)14-11(16-15-10)8-4-5-19-6-8/h4-6,9H,3H2,1-2H3,(H,13,17)(H,14,16,18). The van der Waals surface area contributed by atoms with E-state index in [4.69, 9.17) is 0 Å². The number of aromatic nitrogens is 3. The van der Waals surface area contributed by atoms with Gasteiger partial charge in [-0.05, 0) is 17.9 Å². The van der Waals surface area contributed by atoms with Gasteiger partial charge in [0.05, 0.1) is 6.04 Å². The molecule has 0 aliphatic rings. The van der Waals surface area contributed by atoms with E-state index in [1.807, 2.05) is 23.8 Å². The summed E-state index contributed by atoms with van der Waals surface area (Å²) in [5.74, 6) is 0.239. The lowest BCUT2D eigenvalue weighted by Gasteiger charge is -2.13. The van der Waals surface area contributed by atoms with Crippen LogP contribution in [-0.2, 0) is 4.79 Å². The van der Waals surface area contributed by atoms with Gasteiger partial charge in [-0.15, -0.1) is 10.2 Å². The molecule has 2 aromatic heterocycles. The van der Waals surface area contributed by atoms with Crippen LogP contribution in [0.3, 0.4) is 0 Å². The molecule has 1 unspecified atom stereocenters. The smallest absolute Gasteiger partial charge is 0.275 e. The van der Waals surface area contributed by atoms with Gasteiger partial charge in [0.1, 0.15) is 0 Å². The first-order chi connectivity index (χ1) is 9.11. The van der Waals surface area contributed by atoms with Gasteiger partial charge in [0.25, 0.3) is 5.56 Å². The van der Waals surface area contributed by atoms with Gasteiger partial charge in [-0.1, -0.05) is 6.92 Å². The van der Waals surface area contributed by atoms with Gasteiger partial charge >= 0.3 is 0 Å². The maximum atomic E-state index is 12.0. The second kappa shape index (κ2) is 5.75. The van der Waals surface area contributed by atoms with Crippen LogP contribution in [0.15, 0.2) is 21.6 Å². The lowest BCUT2D eigenvalue weighted by atomic mass is 10.1. The lowest BCUT2D eigenvalue weighted by molar-refractivity contribution is -0.119. The van der Waals surface area contributed by atoms with E-state index >= 15 is 0 Å². The highest BCUT2D eigenvalue weighted by atomic mass is 32.1.